The van der Waals surface area contributed by atoms with Crippen LogP contribution in [-0.2, 0) is 0 Å². The normalized spacial score (nSPS) is 13.0. The van der Waals surface area contributed by atoms with E-state index in [0.717, 1.165) is 152 Å². The molecule has 0 unspecified atom stereocenters. The molecule has 0 spiro atoms. The van der Waals surface area contributed by atoms with Gasteiger partial charge in [0.05, 0.1) is 26.4 Å². The minimum absolute atomic E-state index is 0.621. The first-order valence-electron chi connectivity index (χ1n) is 45.1. The second kappa shape index (κ2) is 46.0. The molecule has 122 heavy (non-hydrogen) atoms. The number of unbranched alkanes of at least 4 members (excludes halogenated alkanes) is 20. The number of benzene rings is 12. The Bertz CT molecular complexity index is 5210. The van der Waals surface area contributed by atoms with Crippen molar-refractivity contribution in [2.45, 2.75) is 241 Å². The Hall–Kier alpha value is -9.10. The standard InChI is InChI=1S/C112H116O4S6/c1-5-9-13-17-21-41-65-113-97-75-91(99(115-67-43-23-19-15-11-7-3)73-89(97)69-93(81-45-29-25-30-46-81)85-57-61-105-109(77-85)119-103-55-39-37-53-101(103)117-105)71-95(83-49-33-27-34-50-83)87-59-63-107-111(79-87)121-108-64-60-88(80-112(108)122-107)96(84-51-35-28-36-52-84)72-92-76-98(114-66-42-22-18-14-10-6-2)90(74-100(92)116-68-44-24-20-16-12-8-4)70-94(82-47-31-26-32-48-82)86-58-62-106-110(78-86)120-104-56-40-38-54-102(104)118-106/h25-40,45-64,69-80H,5-24,41-44,65-68H2,1-4H3/b93-69-,94-70-,95-71+,96-72+. The molecule has 15 rings (SSSR count). The highest BCUT2D eigenvalue weighted by Gasteiger charge is 2.26. The zero-order chi connectivity index (χ0) is 83.3. The Kier molecular flexibility index (Phi) is 33.1. The van der Waals surface area contributed by atoms with E-state index in [9.17, 15) is 0 Å². The number of rotatable bonds is 44. The van der Waals surface area contributed by atoms with Crippen molar-refractivity contribution in [3.05, 3.63) is 334 Å². The summed E-state index contributed by atoms with van der Waals surface area (Å²) in [7, 11) is 0. The lowest BCUT2D eigenvalue weighted by atomic mass is 9.93. The van der Waals surface area contributed by atoms with Crippen LogP contribution >= 0.6 is 70.6 Å². The molecule has 0 saturated carbocycles. The fourth-order valence-electron chi connectivity index (χ4n) is 16.1. The summed E-state index contributed by atoms with van der Waals surface area (Å²) >= 11 is 11.2. The van der Waals surface area contributed by atoms with Crippen molar-refractivity contribution >= 4 is 117 Å². The molecule has 3 aliphatic rings. The highest BCUT2D eigenvalue weighted by atomic mass is 32.2. The molecule has 0 atom stereocenters. The van der Waals surface area contributed by atoms with Crippen LogP contribution in [0.15, 0.2) is 326 Å². The fourth-order valence-corrected chi connectivity index (χ4v) is 22.9. The van der Waals surface area contributed by atoms with E-state index >= 15 is 0 Å². The monoisotopic (exact) mass is 1720 g/mol. The quantitative estimate of drug-likeness (QED) is 0.0272. The van der Waals surface area contributed by atoms with E-state index in [1.807, 2.05) is 70.6 Å². The second-order valence-electron chi connectivity index (χ2n) is 32.2. The van der Waals surface area contributed by atoms with Gasteiger partial charge in [-0.1, -0.05) is 397 Å². The molecule has 0 bridgehead atoms. The first kappa shape index (κ1) is 87.8. The van der Waals surface area contributed by atoms with Gasteiger partial charge in [0.15, 0.2) is 0 Å². The van der Waals surface area contributed by atoms with Crippen LogP contribution in [0, 0.1) is 0 Å². The third kappa shape index (κ3) is 23.9. The van der Waals surface area contributed by atoms with E-state index < -0.39 is 0 Å². The van der Waals surface area contributed by atoms with Crippen molar-refractivity contribution in [2.24, 2.45) is 0 Å². The van der Waals surface area contributed by atoms with Gasteiger partial charge in [-0.15, -0.1) is 0 Å². The van der Waals surface area contributed by atoms with Gasteiger partial charge in [-0.3, -0.25) is 0 Å². The average molecular weight is 1720 g/mol. The van der Waals surface area contributed by atoms with Crippen LogP contribution < -0.4 is 18.9 Å². The number of hydrogen-bond acceptors (Lipinski definition) is 10. The van der Waals surface area contributed by atoms with Crippen LogP contribution in [0.2, 0.25) is 0 Å². The molecule has 0 saturated heterocycles. The number of fused-ring (bicyclic) bond motifs is 6. The van der Waals surface area contributed by atoms with Crippen molar-refractivity contribution < 1.29 is 18.9 Å². The van der Waals surface area contributed by atoms with Gasteiger partial charge in [0, 0.05) is 81.0 Å². The molecular formula is C112H116O4S6. The maximum absolute atomic E-state index is 7.19. The van der Waals surface area contributed by atoms with E-state index in [1.54, 1.807) is 0 Å². The summed E-state index contributed by atoms with van der Waals surface area (Å²) < 4.78 is 28.7. The lowest BCUT2D eigenvalue weighted by Gasteiger charge is -2.22. The summed E-state index contributed by atoms with van der Waals surface area (Å²) in [5.41, 5.74) is 17.7. The van der Waals surface area contributed by atoms with Crippen LogP contribution in [-0.4, -0.2) is 26.4 Å². The van der Waals surface area contributed by atoms with E-state index in [4.69, 9.17) is 18.9 Å². The van der Waals surface area contributed by atoms with Crippen molar-refractivity contribution in [2.75, 3.05) is 26.4 Å². The first-order chi connectivity index (χ1) is 60.3. The Labute approximate surface area is 753 Å². The Morgan fingerprint density at radius 2 is 0.377 bits per heavy atom. The van der Waals surface area contributed by atoms with Gasteiger partial charge in [0.1, 0.15) is 23.0 Å². The molecule has 0 aliphatic carbocycles. The average Bonchev–Trinajstić information content (AvgIpc) is 0.796. The zero-order valence-electron chi connectivity index (χ0n) is 71.6. The molecule has 10 heteroatoms. The predicted octanol–water partition coefficient (Wildman–Crippen LogP) is 34.8. The maximum atomic E-state index is 7.19. The summed E-state index contributed by atoms with van der Waals surface area (Å²) in [5, 5.41) is 0. The highest BCUT2D eigenvalue weighted by molar-refractivity contribution is 8.06. The molecule has 0 aromatic heterocycles. The van der Waals surface area contributed by atoms with Crippen molar-refractivity contribution in [3.8, 4) is 23.0 Å². The van der Waals surface area contributed by atoms with E-state index in [0.29, 0.717) is 26.4 Å². The molecule has 4 nitrogen and oxygen atoms in total. The minimum Gasteiger partial charge on any atom is -0.493 e. The van der Waals surface area contributed by atoms with E-state index in [2.05, 4.69) is 319 Å². The van der Waals surface area contributed by atoms with Crippen LogP contribution in [0.3, 0.4) is 0 Å². The second-order valence-corrected chi connectivity index (χ2v) is 38.7. The zero-order valence-corrected chi connectivity index (χ0v) is 76.5. The van der Waals surface area contributed by atoms with Gasteiger partial charge in [-0.05, 0) is 214 Å². The summed E-state index contributed by atoms with van der Waals surface area (Å²) in [6, 6.07) is 98.7. The molecule has 3 heterocycles. The molecule has 12 aromatic rings. The Morgan fingerprint density at radius 3 is 0.598 bits per heavy atom. The summed E-state index contributed by atoms with van der Waals surface area (Å²) in [4.78, 5) is 15.2. The van der Waals surface area contributed by atoms with Gasteiger partial charge >= 0.3 is 0 Å². The third-order valence-electron chi connectivity index (χ3n) is 22.9. The minimum atomic E-state index is 0.621. The molecule has 624 valence electrons. The number of hydrogen-bond donors (Lipinski definition) is 0. The lowest BCUT2D eigenvalue weighted by Crippen LogP contribution is -2.04. The molecule has 0 N–H and O–H groups in total. The van der Waals surface area contributed by atoms with Gasteiger partial charge in [0.2, 0.25) is 0 Å². The van der Waals surface area contributed by atoms with Gasteiger partial charge < -0.3 is 18.9 Å². The van der Waals surface area contributed by atoms with Gasteiger partial charge in [0.25, 0.3) is 0 Å². The Morgan fingerprint density at radius 1 is 0.189 bits per heavy atom. The van der Waals surface area contributed by atoms with Crippen LogP contribution in [0.25, 0.3) is 46.6 Å². The lowest BCUT2D eigenvalue weighted by molar-refractivity contribution is 0.295. The summed E-state index contributed by atoms with van der Waals surface area (Å²) in [5.74, 6) is 3.42. The van der Waals surface area contributed by atoms with E-state index in [-0.39, 0.29) is 0 Å². The highest BCUT2D eigenvalue weighted by Crippen LogP contribution is 2.54. The fraction of sp³-hybridized carbons (Fsp3) is 0.286. The van der Waals surface area contributed by atoms with Crippen molar-refractivity contribution in [1.29, 1.82) is 0 Å². The summed E-state index contributed by atoms with van der Waals surface area (Å²) in [6.07, 6.45) is 37.8. The third-order valence-corrected chi connectivity index (χ3v) is 30.5. The molecule has 0 fully saturated rings. The topological polar surface area (TPSA) is 36.9 Å². The van der Waals surface area contributed by atoms with Crippen molar-refractivity contribution in [1.82, 2.24) is 0 Å². The van der Waals surface area contributed by atoms with Gasteiger partial charge in [-0.25, -0.2) is 0 Å². The molecule has 0 amide bonds. The number of ether oxygens (including phenoxy) is 4. The van der Waals surface area contributed by atoms with Crippen LogP contribution in [0.5, 0.6) is 23.0 Å². The first-order valence-corrected chi connectivity index (χ1v) is 50.0. The summed E-state index contributed by atoms with van der Waals surface area (Å²) in [6.45, 7) is 11.6. The Balaban J connectivity index is 0.797. The maximum Gasteiger partial charge on any atom is 0.127 e. The van der Waals surface area contributed by atoms with Crippen LogP contribution in [0.1, 0.15) is 249 Å². The SMILES string of the molecule is CCCCCCCCOc1cc(/C=C(\c2ccccc2)c2ccc3c(c2)Sc2ccc(/C(=C/c4cc(OCCCCCCCC)c(/C=C(/c5ccccc5)c5ccc6c(c5)Sc5ccccc5S6)cc4OCCCCCCCC)c4ccccc4)cc2S3)c(OCCCCCCCC)cc1/C=C(/c1ccccc1)c1ccc2c(c1)Sc1ccccc1S2. The van der Waals surface area contributed by atoms with Crippen molar-refractivity contribution in [3.63, 3.8) is 0 Å². The van der Waals surface area contributed by atoms with Gasteiger partial charge in [-0.2, -0.15) is 0 Å². The molecule has 3 aliphatic heterocycles. The predicted molar refractivity (Wildman–Crippen MR) is 525 cm³/mol. The van der Waals surface area contributed by atoms with Crippen LogP contribution in [0.4, 0.5) is 0 Å². The molecule has 0 radical (unpaired) electrons. The molecule has 12 aromatic carbocycles. The molecular weight excluding hydrogens is 1600 g/mol. The largest absolute Gasteiger partial charge is 0.493 e. The smallest absolute Gasteiger partial charge is 0.127 e. The van der Waals surface area contributed by atoms with E-state index in [1.165, 1.54) is 173 Å².